The van der Waals surface area contributed by atoms with E-state index in [-0.39, 0.29) is 0 Å². The van der Waals surface area contributed by atoms with Crippen molar-refractivity contribution < 1.29 is 5.11 Å². The van der Waals surface area contributed by atoms with Gasteiger partial charge in [0.05, 0.1) is 5.60 Å². The highest BCUT2D eigenvalue weighted by Gasteiger charge is 2.28. The Hall–Kier alpha value is -0.540. The molecule has 0 spiro atoms. The van der Waals surface area contributed by atoms with E-state index >= 15 is 0 Å². The van der Waals surface area contributed by atoms with Crippen molar-refractivity contribution in [3.63, 3.8) is 0 Å². The number of aliphatic hydroxyl groups is 1. The van der Waals surface area contributed by atoms with Gasteiger partial charge in [-0.3, -0.25) is 0 Å². The van der Waals surface area contributed by atoms with Gasteiger partial charge in [0.25, 0.3) is 0 Å². The zero-order valence-corrected chi connectivity index (χ0v) is 11.9. The van der Waals surface area contributed by atoms with Crippen molar-refractivity contribution in [1.29, 1.82) is 0 Å². The third kappa shape index (κ3) is 3.71. The maximum atomic E-state index is 10.4. The van der Waals surface area contributed by atoms with Gasteiger partial charge in [-0.25, -0.2) is 0 Å². The Kier molecular flexibility index (Phi) is 4.10. The van der Waals surface area contributed by atoms with E-state index in [0.717, 1.165) is 35.8 Å². The summed E-state index contributed by atoms with van der Waals surface area (Å²) in [4.78, 5) is 0. The Morgan fingerprint density at radius 2 is 1.94 bits per heavy atom. The molecule has 1 fully saturated rings. The summed E-state index contributed by atoms with van der Waals surface area (Å²) in [5.41, 5.74) is 1.79. The number of rotatable bonds is 3. The molecular weight excluding hydrogens is 278 g/mol. The normalized spacial score (nSPS) is 19.0. The van der Waals surface area contributed by atoms with Crippen LogP contribution in [0.5, 0.6) is 0 Å². The van der Waals surface area contributed by atoms with E-state index in [0.29, 0.717) is 6.54 Å². The fourth-order valence-corrected chi connectivity index (χ4v) is 3.10. The lowest BCUT2D eigenvalue weighted by Crippen LogP contribution is -2.38. The van der Waals surface area contributed by atoms with Gasteiger partial charge in [-0.2, -0.15) is 0 Å². The van der Waals surface area contributed by atoms with Crippen molar-refractivity contribution in [3.05, 3.63) is 28.2 Å². The molecule has 0 unspecified atom stereocenters. The number of hydrogen-bond acceptors (Lipinski definition) is 2. The Morgan fingerprint density at radius 1 is 1.24 bits per heavy atom. The van der Waals surface area contributed by atoms with Crippen molar-refractivity contribution >= 4 is 21.6 Å². The molecule has 0 aromatic heterocycles. The second-order valence-electron chi connectivity index (χ2n) is 5.16. The molecular formula is C14H20BrNO. The molecule has 2 N–H and O–H groups in total. The van der Waals surface area contributed by atoms with Crippen molar-refractivity contribution in [1.82, 2.24) is 0 Å². The molecule has 2 rings (SSSR count). The third-order valence-electron chi connectivity index (χ3n) is 3.45. The third-order valence-corrected chi connectivity index (χ3v) is 3.91. The fourth-order valence-electron chi connectivity index (χ4n) is 2.49. The van der Waals surface area contributed by atoms with Crippen LogP contribution in [-0.2, 0) is 0 Å². The summed E-state index contributed by atoms with van der Waals surface area (Å²) < 4.78 is 1.08. The minimum Gasteiger partial charge on any atom is -0.388 e. The van der Waals surface area contributed by atoms with Crippen molar-refractivity contribution in [2.75, 3.05) is 11.9 Å². The van der Waals surface area contributed by atoms with Crippen LogP contribution < -0.4 is 5.32 Å². The number of aryl methyl sites for hydroxylation is 1. The molecule has 0 atom stereocenters. The Labute approximate surface area is 112 Å². The Balaban J connectivity index is 1.96. The minimum atomic E-state index is -0.505. The highest BCUT2D eigenvalue weighted by Crippen LogP contribution is 2.28. The highest BCUT2D eigenvalue weighted by molar-refractivity contribution is 9.10. The highest BCUT2D eigenvalue weighted by atomic mass is 79.9. The maximum absolute atomic E-state index is 10.4. The molecule has 0 heterocycles. The van der Waals surface area contributed by atoms with Crippen LogP contribution in [0.3, 0.4) is 0 Å². The standard InChI is InChI=1S/C14H20BrNO/c1-11-7-12(15)9-13(8-11)16-10-14(17)5-3-2-4-6-14/h7-9,16-17H,2-6,10H2,1H3. The first kappa shape index (κ1) is 12.9. The number of anilines is 1. The van der Waals surface area contributed by atoms with Crippen molar-refractivity contribution in [2.45, 2.75) is 44.6 Å². The van der Waals surface area contributed by atoms with E-state index < -0.39 is 5.60 Å². The largest absolute Gasteiger partial charge is 0.388 e. The van der Waals surface area contributed by atoms with Crippen LogP contribution in [0.1, 0.15) is 37.7 Å². The summed E-state index contributed by atoms with van der Waals surface area (Å²) in [7, 11) is 0. The zero-order valence-electron chi connectivity index (χ0n) is 10.3. The molecule has 1 aliphatic carbocycles. The quantitative estimate of drug-likeness (QED) is 0.888. The zero-order chi connectivity index (χ0) is 12.3. The van der Waals surface area contributed by atoms with Gasteiger partial charge in [-0.05, 0) is 43.5 Å². The average molecular weight is 298 g/mol. The van der Waals surface area contributed by atoms with Gasteiger partial charge in [0, 0.05) is 16.7 Å². The summed E-state index contributed by atoms with van der Waals surface area (Å²) in [5, 5.41) is 13.8. The van der Waals surface area contributed by atoms with E-state index in [9.17, 15) is 5.11 Å². The van der Waals surface area contributed by atoms with E-state index in [1.165, 1.54) is 12.0 Å². The number of halogens is 1. The predicted molar refractivity (Wildman–Crippen MR) is 75.4 cm³/mol. The van der Waals surface area contributed by atoms with Gasteiger partial charge < -0.3 is 10.4 Å². The molecule has 17 heavy (non-hydrogen) atoms. The number of nitrogens with one attached hydrogen (secondary N) is 1. The maximum Gasteiger partial charge on any atom is 0.0819 e. The van der Waals surface area contributed by atoms with Crippen LogP contribution in [0.15, 0.2) is 22.7 Å². The molecule has 0 aliphatic heterocycles. The lowest BCUT2D eigenvalue weighted by Gasteiger charge is -2.32. The van der Waals surface area contributed by atoms with Crippen molar-refractivity contribution in [3.8, 4) is 0 Å². The summed E-state index contributed by atoms with van der Waals surface area (Å²) in [5.74, 6) is 0. The molecule has 3 heteroatoms. The number of hydrogen-bond donors (Lipinski definition) is 2. The second-order valence-corrected chi connectivity index (χ2v) is 6.07. The molecule has 1 aliphatic rings. The van der Waals surface area contributed by atoms with Gasteiger partial charge in [0.1, 0.15) is 0 Å². The molecule has 94 valence electrons. The first-order chi connectivity index (χ1) is 8.07. The van der Waals surface area contributed by atoms with E-state index in [1.54, 1.807) is 0 Å². The van der Waals surface area contributed by atoms with Crippen LogP contribution in [-0.4, -0.2) is 17.3 Å². The molecule has 1 aromatic carbocycles. The molecule has 2 nitrogen and oxygen atoms in total. The van der Waals surface area contributed by atoms with Gasteiger partial charge in [0.15, 0.2) is 0 Å². The molecule has 0 bridgehead atoms. The SMILES string of the molecule is Cc1cc(Br)cc(NCC2(O)CCCCC2)c1. The molecule has 0 radical (unpaired) electrons. The van der Waals surface area contributed by atoms with Crippen LogP contribution in [0.4, 0.5) is 5.69 Å². The van der Waals surface area contributed by atoms with E-state index in [4.69, 9.17) is 0 Å². The summed E-state index contributed by atoms with van der Waals surface area (Å²) >= 11 is 3.49. The lowest BCUT2D eigenvalue weighted by molar-refractivity contribution is 0.0167. The first-order valence-corrected chi connectivity index (χ1v) is 7.10. The molecule has 1 aromatic rings. The van der Waals surface area contributed by atoms with Gasteiger partial charge in [-0.1, -0.05) is 35.2 Å². The Bertz CT molecular complexity index is 366. The summed E-state index contributed by atoms with van der Waals surface area (Å²) in [6.07, 6.45) is 5.41. The van der Waals surface area contributed by atoms with Crippen molar-refractivity contribution in [2.24, 2.45) is 0 Å². The van der Waals surface area contributed by atoms with Gasteiger partial charge in [0.2, 0.25) is 0 Å². The monoisotopic (exact) mass is 297 g/mol. The van der Waals surface area contributed by atoms with Crippen LogP contribution >= 0.6 is 15.9 Å². The van der Waals surface area contributed by atoms with Gasteiger partial charge in [-0.15, -0.1) is 0 Å². The predicted octanol–water partition coefficient (Wildman–Crippen LogP) is 3.86. The summed E-state index contributed by atoms with van der Waals surface area (Å²) in [6.45, 7) is 2.73. The van der Waals surface area contributed by atoms with Crippen LogP contribution in [0.25, 0.3) is 0 Å². The van der Waals surface area contributed by atoms with E-state index in [1.807, 2.05) is 0 Å². The lowest BCUT2D eigenvalue weighted by atomic mass is 9.85. The Morgan fingerprint density at radius 3 is 2.59 bits per heavy atom. The smallest absolute Gasteiger partial charge is 0.0819 e. The molecule has 0 amide bonds. The topological polar surface area (TPSA) is 32.3 Å². The number of benzene rings is 1. The van der Waals surface area contributed by atoms with Gasteiger partial charge >= 0.3 is 0 Å². The first-order valence-electron chi connectivity index (χ1n) is 6.31. The van der Waals surface area contributed by atoms with Crippen LogP contribution in [0.2, 0.25) is 0 Å². The minimum absolute atomic E-state index is 0.505. The average Bonchev–Trinajstić information content (AvgIpc) is 2.26. The van der Waals surface area contributed by atoms with Crippen LogP contribution in [0, 0.1) is 6.92 Å². The fraction of sp³-hybridized carbons (Fsp3) is 0.571. The molecule has 1 saturated carbocycles. The van der Waals surface area contributed by atoms with E-state index in [2.05, 4.69) is 46.4 Å². The second kappa shape index (κ2) is 5.40. The summed E-state index contributed by atoms with van der Waals surface area (Å²) in [6, 6.07) is 6.25. The molecule has 0 saturated heterocycles.